The maximum Gasteiger partial charge on any atom is 0.273 e. The van der Waals surface area contributed by atoms with Gasteiger partial charge < -0.3 is 15.5 Å². The van der Waals surface area contributed by atoms with Crippen LogP contribution in [0.3, 0.4) is 0 Å². The molecule has 2 heterocycles. The molecule has 1 saturated heterocycles. The van der Waals surface area contributed by atoms with Crippen LogP contribution < -0.4 is 5.73 Å². The Morgan fingerprint density at radius 1 is 1.43 bits per heavy atom. The molecule has 1 atom stereocenters. The summed E-state index contributed by atoms with van der Waals surface area (Å²) in [6, 6.07) is 4.48. The number of carbonyl (C=O) groups excluding carboxylic acids is 2. The molecule has 2 amide bonds. The van der Waals surface area contributed by atoms with Crippen molar-refractivity contribution in [2.75, 3.05) is 25.4 Å². The van der Waals surface area contributed by atoms with Crippen LogP contribution in [-0.2, 0) is 4.79 Å². The molecule has 0 saturated carbocycles. The van der Waals surface area contributed by atoms with Gasteiger partial charge in [0.25, 0.3) is 5.91 Å². The summed E-state index contributed by atoms with van der Waals surface area (Å²) in [6.45, 7) is 7.73. The minimum Gasteiger partial charge on any atom is -0.384 e. The standard InChI is InChI=1S/C15H22N4O2/c1-10(2)9-18-7-8-19(11(3)14(18)20)15(21)12-5-4-6-13(16)17-12/h4-6,10-11H,7-9H2,1-3H3,(H2,16,17)/t11-/m0/s1. The molecular weight excluding hydrogens is 268 g/mol. The van der Waals surface area contributed by atoms with Crippen molar-refractivity contribution >= 4 is 17.6 Å². The van der Waals surface area contributed by atoms with Crippen LogP contribution in [0.2, 0.25) is 0 Å². The van der Waals surface area contributed by atoms with Crippen LogP contribution in [-0.4, -0.2) is 52.3 Å². The Balaban J connectivity index is 2.12. The first-order valence-electron chi connectivity index (χ1n) is 7.22. The second-order valence-electron chi connectivity index (χ2n) is 5.80. The minimum absolute atomic E-state index is 0.00722. The fourth-order valence-electron chi connectivity index (χ4n) is 2.55. The summed E-state index contributed by atoms with van der Waals surface area (Å²) < 4.78 is 0. The van der Waals surface area contributed by atoms with E-state index in [1.165, 1.54) is 0 Å². The molecule has 0 radical (unpaired) electrons. The van der Waals surface area contributed by atoms with Gasteiger partial charge in [-0.3, -0.25) is 9.59 Å². The molecule has 21 heavy (non-hydrogen) atoms. The lowest BCUT2D eigenvalue weighted by Crippen LogP contribution is -2.58. The normalized spacial score (nSPS) is 19.2. The van der Waals surface area contributed by atoms with E-state index < -0.39 is 6.04 Å². The fourth-order valence-corrected chi connectivity index (χ4v) is 2.55. The quantitative estimate of drug-likeness (QED) is 0.900. The first-order chi connectivity index (χ1) is 9.90. The highest BCUT2D eigenvalue weighted by Gasteiger charge is 2.35. The molecule has 0 aromatic carbocycles. The summed E-state index contributed by atoms with van der Waals surface area (Å²) in [5.41, 5.74) is 5.89. The van der Waals surface area contributed by atoms with Crippen molar-refractivity contribution in [1.29, 1.82) is 0 Å². The zero-order chi connectivity index (χ0) is 15.6. The molecule has 1 aliphatic heterocycles. The largest absolute Gasteiger partial charge is 0.384 e. The predicted molar refractivity (Wildman–Crippen MR) is 80.6 cm³/mol. The summed E-state index contributed by atoms with van der Waals surface area (Å²) in [4.78, 5) is 32.3. The van der Waals surface area contributed by atoms with Crippen LogP contribution in [0.4, 0.5) is 5.82 Å². The van der Waals surface area contributed by atoms with E-state index in [-0.39, 0.29) is 17.5 Å². The van der Waals surface area contributed by atoms with Crippen molar-refractivity contribution in [1.82, 2.24) is 14.8 Å². The van der Waals surface area contributed by atoms with Gasteiger partial charge >= 0.3 is 0 Å². The molecule has 1 fully saturated rings. The van der Waals surface area contributed by atoms with Gasteiger partial charge in [-0.2, -0.15) is 0 Å². The zero-order valence-corrected chi connectivity index (χ0v) is 12.7. The zero-order valence-electron chi connectivity index (χ0n) is 12.7. The SMILES string of the molecule is CC(C)CN1CCN(C(=O)c2cccc(N)n2)[C@@H](C)C1=O. The predicted octanol–water partition coefficient (Wildman–Crippen LogP) is 0.993. The molecule has 1 aromatic rings. The Kier molecular flexibility index (Phi) is 4.45. The van der Waals surface area contributed by atoms with E-state index in [1.807, 2.05) is 4.90 Å². The van der Waals surface area contributed by atoms with E-state index in [0.29, 0.717) is 24.8 Å². The van der Waals surface area contributed by atoms with Crippen molar-refractivity contribution in [3.05, 3.63) is 23.9 Å². The Morgan fingerprint density at radius 2 is 2.14 bits per heavy atom. The smallest absolute Gasteiger partial charge is 0.273 e. The third-order valence-electron chi connectivity index (χ3n) is 3.58. The Hall–Kier alpha value is -2.11. The molecular formula is C15H22N4O2. The minimum atomic E-state index is -0.465. The molecule has 1 aliphatic rings. The Bertz CT molecular complexity index is 544. The molecule has 114 valence electrons. The lowest BCUT2D eigenvalue weighted by Gasteiger charge is -2.39. The van der Waals surface area contributed by atoms with Gasteiger partial charge in [-0.25, -0.2) is 4.98 Å². The summed E-state index contributed by atoms with van der Waals surface area (Å²) in [5.74, 6) is 0.469. The van der Waals surface area contributed by atoms with Crippen LogP contribution in [0.5, 0.6) is 0 Å². The number of nitrogens with zero attached hydrogens (tertiary/aromatic N) is 3. The average molecular weight is 290 g/mol. The monoisotopic (exact) mass is 290 g/mol. The van der Waals surface area contributed by atoms with Gasteiger partial charge in [0.05, 0.1) is 0 Å². The lowest BCUT2D eigenvalue weighted by molar-refractivity contribution is -0.140. The molecule has 0 aliphatic carbocycles. The van der Waals surface area contributed by atoms with Gasteiger partial charge in [-0.05, 0) is 25.0 Å². The van der Waals surface area contributed by atoms with Crippen molar-refractivity contribution in [2.45, 2.75) is 26.8 Å². The highest BCUT2D eigenvalue weighted by molar-refractivity contribution is 5.97. The van der Waals surface area contributed by atoms with Gasteiger partial charge in [0.15, 0.2) is 0 Å². The van der Waals surface area contributed by atoms with E-state index in [9.17, 15) is 9.59 Å². The molecule has 2 N–H and O–H groups in total. The van der Waals surface area contributed by atoms with Gasteiger partial charge in [-0.15, -0.1) is 0 Å². The van der Waals surface area contributed by atoms with Crippen molar-refractivity contribution in [3.8, 4) is 0 Å². The second kappa shape index (κ2) is 6.11. The Morgan fingerprint density at radius 3 is 2.76 bits per heavy atom. The number of amides is 2. The van der Waals surface area contributed by atoms with E-state index in [1.54, 1.807) is 30.0 Å². The number of piperazine rings is 1. The molecule has 2 rings (SSSR count). The fraction of sp³-hybridized carbons (Fsp3) is 0.533. The molecule has 0 unspecified atom stereocenters. The van der Waals surface area contributed by atoms with Crippen molar-refractivity contribution in [2.24, 2.45) is 5.92 Å². The highest BCUT2D eigenvalue weighted by atomic mass is 16.2. The molecule has 0 bridgehead atoms. The topological polar surface area (TPSA) is 79.5 Å². The maximum absolute atomic E-state index is 12.5. The molecule has 6 heteroatoms. The third kappa shape index (κ3) is 3.32. The van der Waals surface area contributed by atoms with Gasteiger partial charge in [0.1, 0.15) is 17.6 Å². The average Bonchev–Trinajstić information content (AvgIpc) is 2.43. The number of anilines is 1. The maximum atomic E-state index is 12.5. The summed E-state index contributed by atoms with van der Waals surface area (Å²) >= 11 is 0. The van der Waals surface area contributed by atoms with Crippen LogP contribution in [0.1, 0.15) is 31.3 Å². The first kappa shape index (κ1) is 15.3. The summed E-state index contributed by atoms with van der Waals surface area (Å²) in [7, 11) is 0. The molecule has 6 nitrogen and oxygen atoms in total. The number of hydrogen-bond acceptors (Lipinski definition) is 4. The summed E-state index contributed by atoms with van der Waals surface area (Å²) in [6.07, 6.45) is 0. The second-order valence-corrected chi connectivity index (χ2v) is 5.80. The van der Waals surface area contributed by atoms with E-state index in [4.69, 9.17) is 5.73 Å². The number of rotatable bonds is 3. The summed E-state index contributed by atoms with van der Waals surface area (Å²) in [5, 5.41) is 0. The number of pyridine rings is 1. The van der Waals surface area contributed by atoms with Crippen LogP contribution in [0.15, 0.2) is 18.2 Å². The van der Waals surface area contributed by atoms with Gasteiger partial charge in [0, 0.05) is 19.6 Å². The van der Waals surface area contributed by atoms with Gasteiger partial charge in [0.2, 0.25) is 5.91 Å². The number of nitrogens with two attached hydrogens (primary N) is 1. The van der Waals surface area contributed by atoms with E-state index in [0.717, 1.165) is 6.54 Å². The molecule has 0 spiro atoms. The highest BCUT2D eigenvalue weighted by Crippen LogP contribution is 2.16. The lowest BCUT2D eigenvalue weighted by atomic mass is 10.1. The van der Waals surface area contributed by atoms with E-state index >= 15 is 0 Å². The van der Waals surface area contributed by atoms with Crippen LogP contribution >= 0.6 is 0 Å². The molecule has 1 aromatic heterocycles. The number of hydrogen-bond donors (Lipinski definition) is 1. The number of nitrogen functional groups attached to an aromatic ring is 1. The van der Waals surface area contributed by atoms with Crippen molar-refractivity contribution in [3.63, 3.8) is 0 Å². The first-order valence-corrected chi connectivity index (χ1v) is 7.22. The van der Waals surface area contributed by atoms with Crippen molar-refractivity contribution < 1.29 is 9.59 Å². The number of aromatic nitrogens is 1. The Labute approximate surface area is 124 Å². The van der Waals surface area contributed by atoms with E-state index in [2.05, 4.69) is 18.8 Å². The van der Waals surface area contributed by atoms with Gasteiger partial charge in [-0.1, -0.05) is 19.9 Å². The van der Waals surface area contributed by atoms with Crippen LogP contribution in [0, 0.1) is 5.92 Å². The third-order valence-corrected chi connectivity index (χ3v) is 3.58. The van der Waals surface area contributed by atoms with Crippen LogP contribution in [0.25, 0.3) is 0 Å². The number of carbonyl (C=O) groups is 2.